The molecule has 0 spiro atoms. The third kappa shape index (κ3) is 4.69. The van der Waals surface area contributed by atoms with Gasteiger partial charge >= 0.3 is 6.03 Å². The number of barbiturate groups is 1. The highest BCUT2D eigenvalue weighted by atomic mass is 19.1. The first kappa shape index (κ1) is 20.1. The van der Waals surface area contributed by atoms with Gasteiger partial charge in [-0.05, 0) is 53.6 Å². The molecular weight excluding hydrogens is 403 g/mol. The van der Waals surface area contributed by atoms with Crippen molar-refractivity contribution in [3.63, 3.8) is 0 Å². The first-order chi connectivity index (χ1) is 15.0. The van der Waals surface area contributed by atoms with Gasteiger partial charge in [-0.2, -0.15) is 0 Å². The van der Waals surface area contributed by atoms with Crippen LogP contribution < -0.4 is 10.1 Å². The molecule has 0 saturated carbocycles. The standard InChI is InChI=1S/C23H17FN2O5/c24-17-7-3-16(4-8-17)14-31-18-9-5-15(6-10-18)12-20-21(27)25-23(29)26(22(20)28)13-19-2-1-11-30-19/h1-12H,13-14H2,(H,25,27,29)/b20-12-. The molecule has 8 heteroatoms. The summed E-state index contributed by atoms with van der Waals surface area (Å²) in [6.07, 6.45) is 2.84. The summed E-state index contributed by atoms with van der Waals surface area (Å²) in [5, 5.41) is 2.16. The Morgan fingerprint density at radius 3 is 2.42 bits per heavy atom. The van der Waals surface area contributed by atoms with E-state index in [1.807, 2.05) is 0 Å². The van der Waals surface area contributed by atoms with Crippen molar-refractivity contribution < 1.29 is 27.9 Å². The van der Waals surface area contributed by atoms with Gasteiger partial charge in [-0.1, -0.05) is 24.3 Å². The lowest BCUT2D eigenvalue weighted by Gasteiger charge is -2.25. The third-order valence-corrected chi connectivity index (χ3v) is 4.59. The second kappa shape index (κ2) is 8.66. The van der Waals surface area contributed by atoms with Crippen molar-refractivity contribution >= 4 is 23.9 Å². The fourth-order valence-corrected chi connectivity index (χ4v) is 2.97. The highest BCUT2D eigenvalue weighted by molar-refractivity contribution is 6.30. The highest BCUT2D eigenvalue weighted by Crippen LogP contribution is 2.20. The van der Waals surface area contributed by atoms with E-state index in [2.05, 4.69) is 5.32 Å². The lowest BCUT2D eigenvalue weighted by molar-refractivity contribution is -0.130. The fourth-order valence-electron chi connectivity index (χ4n) is 2.97. The number of halogens is 1. The number of carbonyl (C=O) groups excluding carboxylic acids is 3. The predicted molar refractivity (Wildman–Crippen MR) is 108 cm³/mol. The minimum Gasteiger partial charge on any atom is -0.489 e. The number of ether oxygens (including phenoxy) is 1. The molecule has 1 aromatic heterocycles. The summed E-state index contributed by atoms with van der Waals surface area (Å²) >= 11 is 0. The molecule has 0 atom stereocenters. The first-order valence-corrected chi connectivity index (χ1v) is 9.38. The molecule has 2 heterocycles. The summed E-state index contributed by atoms with van der Waals surface area (Å²) in [4.78, 5) is 37.9. The molecule has 0 aliphatic carbocycles. The quantitative estimate of drug-likeness (QED) is 0.486. The van der Waals surface area contributed by atoms with Crippen LogP contribution in [0.5, 0.6) is 5.75 Å². The van der Waals surface area contributed by atoms with Crippen molar-refractivity contribution in [2.24, 2.45) is 0 Å². The van der Waals surface area contributed by atoms with E-state index in [0.29, 0.717) is 17.1 Å². The van der Waals surface area contributed by atoms with E-state index in [1.54, 1.807) is 48.5 Å². The van der Waals surface area contributed by atoms with Gasteiger partial charge in [0, 0.05) is 0 Å². The number of nitrogens with zero attached hydrogens (tertiary/aromatic N) is 1. The number of hydrogen-bond donors (Lipinski definition) is 1. The molecule has 2 aromatic carbocycles. The number of imide groups is 2. The maximum absolute atomic E-state index is 13.0. The van der Waals surface area contributed by atoms with Gasteiger partial charge in [-0.15, -0.1) is 0 Å². The summed E-state index contributed by atoms with van der Waals surface area (Å²) < 4.78 is 23.8. The zero-order chi connectivity index (χ0) is 21.8. The van der Waals surface area contributed by atoms with Crippen molar-refractivity contribution in [3.05, 3.63) is 95.2 Å². The molecule has 3 aromatic rings. The highest BCUT2D eigenvalue weighted by Gasteiger charge is 2.36. The van der Waals surface area contributed by atoms with Gasteiger partial charge in [-0.3, -0.25) is 19.8 Å². The molecular formula is C23H17FN2O5. The van der Waals surface area contributed by atoms with Crippen LogP contribution in [0.25, 0.3) is 6.08 Å². The van der Waals surface area contributed by atoms with E-state index in [9.17, 15) is 18.8 Å². The zero-order valence-electron chi connectivity index (χ0n) is 16.2. The molecule has 0 bridgehead atoms. The van der Waals surface area contributed by atoms with E-state index in [4.69, 9.17) is 9.15 Å². The van der Waals surface area contributed by atoms with Gasteiger partial charge in [-0.25, -0.2) is 9.18 Å². The van der Waals surface area contributed by atoms with Crippen LogP contribution in [0, 0.1) is 5.82 Å². The van der Waals surface area contributed by atoms with Crippen molar-refractivity contribution in [2.75, 3.05) is 0 Å². The van der Waals surface area contributed by atoms with Crippen LogP contribution in [0.15, 0.2) is 76.9 Å². The normalized spacial score (nSPS) is 15.3. The van der Waals surface area contributed by atoms with Crippen LogP contribution >= 0.6 is 0 Å². The monoisotopic (exact) mass is 420 g/mol. The first-order valence-electron chi connectivity index (χ1n) is 9.38. The van der Waals surface area contributed by atoms with E-state index >= 15 is 0 Å². The third-order valence-electron chi connectivity index (χ3n) is 4.59. The average Bonchev–Trinajstić information content (AvgIpc) is 3.28. The Morgan fingerprint density at radius 1 is 1.00 bits per heavy atom. The molecule has 7 nitrogen and oxygen atoms in total. The largest absolute Gasteiger partial charge is 0.489 e. The van der Waals surface area contributed by atoms with Crippen molar-refractivity contribution in [1.82, 2.24) is 10.2 Å². The molecule has 1 aliphatic heterocycles. The van der Waals surface area contributed by atoms with E-state index in [-0.39, 0.29) is 24.5 Å². The predicted octanol–water partition coefficient (Wildman–Crippen LogP) is 3.66. The summed E-state index contributed by atoms with van der Waals surface area (Å²) in [6.45, 7) is 0.184. The fraction of sp³-hybridized carbons (Fsp3) is 0.0870. The number of benzene rings is 2. The summed E-state index contributed by atoms with van der Waals surface area (Å²) in [5.41, 5.74) is 1.24. The maximum atomic E-state index is 13.0. The molecule has 0 unspecified atom stereocenters. The Kier molecular flexibility index (Phi) is 5.61. The van der Waals surface area contributed by atoms with Crippen molar-refractivity contribution in [3.8, 4) is 5.75 Å². The van der Waals surface area contributed by atoms with Gasteiger partial charge in [0.25, 0.3) is 11.8 Å². The van der Waals surface area contributed by atoms with Crippen LogP contribution in [0.1, 0.15) is 16.9 Å². The molecule has 1 aliphatic rings. The van der Waals surface area contributed by atoms with Crippen LogP contribution in [-0.2, 0) is 22.7 Å². The zero-order valence-corrected chi connectivity index (χ0v) is 16.2. The lowest BCUT2D eigenvalue weighted by atomic mass is 10.1. The molecule has 1 N–H and O–H groups in total. The van der Waals surface area contributed by atoms with Gasteiger partial charge < -0.3 is 9.15 Å². The number of furan rings is 1. The number of rotatable bonds is 6. The molecule has 4 amide bonds. The summed E-state index contributed by atoms with van der Waals surface area (Å²) in [7, 11) is 0. The summed E-state index contributed by atoms with van der Waals surface area (Å²) in [6, 6.07) is 15.2. The maximum Gasteiger partial charge on any atom is 0.331 e. The SMILES string of the molecule is O=C1NC(=O)N(Cc2ccco2)C(=O)/C1=C\c1ccc(OCc2ccc(F)cc2)cc1. The van der Waals surface area contributed by atoms with Gasteiger partial charge in [0.15, 0.2) is 0 Å². The Bertz CT molecular complexity index is 1140. The lowest BCUT2D eigenvalue weighted by Crippen LogP contribution is -2.53. The Morgan fingerprint density at radius 2 is 1.74 bits per heavy atom. The van der Waals surface area contributed by atoms with Crippen molar-refractivity contribution in [2.45, 2.75) is 13.2 Å². The number of hydrogen-bond acceptors (Lipinski definition) is 5. The molecule has 1 saturated heterocycles. The molecule has 156 valence electrons. The van der Waals surface area contributed by atoms with E-state index in [1.165, 1.54) is 24.5 Å². The van der Waals surface area contributed by atoms with Crippen LogP contribution in [0.4, 0.5) is 9.18 Å². The van der Waals surface area contributed by atoms with Crippen LogP contribution in [0.3, 0.4) is 0 Å². The van der Waals surface area contributed by atoms with Gasteiger partial charge in [0.2, 0.25) is 0 Å². The summed E-state index contributed by atoms with van der Waals surface area (Å²) in [5.74, 6) is -0.795. The van der Waals surface area contributed by atoms with Gasteiger partial charge in [0.05, 0.1) is 12.8 Å². The Labute approximate surface area is 176 Å². The number of urea groups is 1. The van der Waals surface area contributed by atoms with E-state index in [0.717, 1.165) is 10.5 Å². The topological polar surface area (TPSA) is 88.9 Å². The number of amides is 4. The molecule has 0 radical (unpaired) electrons. The van der Waals surface area contributed by atoms with Crippen LogP contribution in [0.2, 0.25) is 0 Å². The minimum atomic E-state index is -0.798. The number of carbonyl (C=O) groups is 3. The van der Waals surface area contributed by atoms with Crippen molar-refractivity contribution in [1.29, 1.82) is 0 Å². The average molecular weight is 420 g/mol. The van der Waals surface area contributed by atoms with E-state index < -0.39 is 17.8 Å². The molecule has 31 heavy (non-hydrogen) atoms. The van der Waals surface area contributed by atoms with Gasteiger partial charge in [0.1, 0.15) is 29.5 Å². The molecule has 1 fully saturated rings. The second-order valence-electron chi connectivity index (χ2n) is 6.77. The minimum absolute atomic E-state index is 0.0849. The Hall–Kier alpha value is -4.20. The number of nitrogens with one attached hydrogen (secondary N) is 1. The second-order valence-corrected chi connectivity index (χ2v) is 6.77. The molecule has 4 rings (SSSR count). The Balaban J connectivity index is 1.46. The van der Waals surface area contributed by atoms with Crippen LogP contribution in [-0.4, -0.2) is 22.7 Å². The smallest absolute Gasteiger partial charge is 0.331 e.